The van der Waals surface area contributed by atoms with Crippen LogP contribution < -0.4 is 9.31 Å². The number of benzene rings is 2. The third-order valence-electron chi connectivity index (χ3n) is 6.65. The Kier molecular flexibility index (Phi) is 11.1. The van der Waals surface area contributed by atoms with Gasteiger partial charge in [0.1, 0.15) is 29.2 Å². The molecule has 0 radical (unpaired) electrons. The van der Waals surface area contributed by atoms with Crippen LogP contribution in [0.25, 0.3) is 0 Å². The van der Waals surface area contributed by atoms with Crippen LogP contribution in [0.1, 0.15) is 71.9 Å². The number of hydrogen-bond donors (Lipinski definition) is 0. The van der Waals surface area contributed by atoms with E-state index in [1.807, 2.05) is 6.92 Å². The number of halogens is 2. The van der Waals surface area contributed by atoms with Crippen molar-refractivity contribution in [2.24, 2.45) is 0 Å². The molecule has 0 aromatic heterocycles. The Morgan fingerprint density at radius 2 is 1.58 bits per heavy atom. The molecule has 7 heteroatoms. The predicted octanol–water partition coefficient (Wildman–Crippen LogP) is 6.94. The van der Waals surface area contributed by atoms with Crippen LogP contribution in [0.3, 0.4) is 0 Å². The molecule has 0 spiro atoms. The Morgan fingerprint density at radius 3 is 2.21 bits per heavy atom. The second-order valence-electron chi connectivity index (χ2n) is 8.41. The number of unbranched alkanes of at least 4 members (excludes halogenated alkanes) is 3. The number of quaternary nitrogens is 1. The van der Waals surface area contributed by atoms with Crippen molar-refractivity contribution in [3.63, 3.8) is 0 Å². The Bertz CT molecular complexity index is 840. The summed E-state index contributed by atoms with van der Waals surface area (Å²) in [6.45, 7) is 13.6. The van der Waals surface area contributed by atoms with Gasteiger partial charge < -0.3 is 18.4 Å². The fraction of sp³-hybridized carbons (Fsp3) is 0.538. The van der Waals surface area contributed by atoms with Crippen LogP contribution in [0.15, 0.2) is 42.5 Å². The normalized spacial score (nSPS) is 12.5. The van der Waals surface area contributed by atoms with Crippen LogP contribution >= 0.6 is 0 Å². The van der Waals surface area contributed by atoms with Crippen molar-refractivity contribution in [1.29, 1.82) is 0 Å². The Hall–Kier alpha value is -2.12. The quantitative estimate of drug-likeness (QED) is 0.163. The molecule has 0 heterocycles. The van der Waals surface area contributed by atoms with Gasteiger partial charge in [0.05, 0.1) is 25.2 Å². The van der Waals surface area contributed by atoms with Gasteiger partial charge in [-0.3, -0.25) is 0 Å². The predicted molar refractivity (Wildman–Crippen MR) is 130 cm³/mol. The van der Waals surface area contributed by atoms with Gasteiger partial charge in [0.25, 0.3) is 0 Å². The maximum absolute atomic E-state index is 15.1. The molecule has 1 atom stereocenters. The smallest absolute Gasteiger partial charge is 0.501 e. The average Bonchev–Trinajstić information content (AvgIpc) is 2.80. The van der Waals surface area contributed by atoms with Gasteiger partial charge in [0.2, 0.25) is 0 Å². The minimum Gasteiger partial charge on any atom is -0.501 e. The molecular formula is C26H39BF2NO3+. The van der Waals surface area contributed by atoms with Crippen LogP contribution in [-0.2, 0) is 4.65 Å². The highest BCUT2D eigenvalue weighted by Crippen LogP contribution is 2.36. The highest BCUT2D eigenvalue weighted by molar-refractivity contribution is 6.38. The van der Waals surface area contributed by atoms with E-state index in [2.05, 4.69) is 27.7 Å². The molecule has 2 aromatic rings. The van der Waals surface area contributed by atoms with E-state index in [0.717, 1.165) is 49.8 Å². The summed E-state index contributed by atoms with van der Waals surface area (Å²) in [6.07, 6.45) is 4.13. The lowest BCUT2D eigenvalue weighted by Crippen LogP contribution is -2.49. The van der Waals surface area contributed by atoms with Crippen molar-refractivity contribution < 1.29 is 27.2 Å². The first-order chi connectivity index (χ1) is 15.9. The van der Waals surface area contributed by atoms with Gasteiger partial charge in [0, 0.05) is 12.7 Å². The molecule has 182 valence electrons. The molecule has 0 fully saturated rings. The second kappa shape index (κ2) is 13.6. The number of rotatable bonds is 15. The van der Waals surface area contributed by atoms with E-state index in [1.165, 1.54) is 18.2 Å². The third-order valence-corrected chi connectivity index (χ3v) is 6.65. The van der Waals surface area contributed by atoms with Gasteiger partial charge in [-0.15, -0.1) is 0 Å². The molecule has 0 aliphatic carbocycles. The maximum Gasteiger partial charge on any atom is 0.788 e. The van der Waals surface area contributed by atoms with Gasteiger partial charge in [-0.05, 0) is 58.4 Å². The van der Waals surface area contributed by atoms with E-state index in [-0.39, 0.29) is 11.9 Å². The molecule has 2 aromatic carbocycles. The molecule has 33 heavy (non-hydrogen) atoms. The highest BCUT2D eigenvalue weighted by atomic mass is 19.1. The van der Waals surface area contributed by atoms with Crippen molar-refractivity contribution in [3.8, 4) is 11.5 Å². The molecule has 2 rings (SSSR count). The molecule has 0 bridgehead atoms. The zero-order valence-electron chi connectivity index (χ0n) is 20.8. The molecule has 0 saturated heterocycles. The first-order valence-corrected chi connectivity index (χ1v) is 12.2. The molecule has 0 aliphatic rings. The van der Waals surface area contributed by atoms with E-state index in [4.69, 9.17) is 14.0 Å². The first kappa shape index (κ1) is 27.1. The van der Waals surface area contributed by atoms with Crippen molar-refractivity contribution in [3.05, 3.63) is 59.7 Å². The zero-order valence-corrected chi connectivity index (χ0v) is 20.8. The van der Waals surface area contributed by atoms with Crippen molar-refractivity contribution in [1.82, 2.24) is 0 Å². The second-order valence-corrected chi connectivity index (χ2v) is 8.41. The summed E-state index contributed by atoms with van der Waals surface area (Å²) in [6, 6.07) is 10.5. The van der Waals surface area contributed by atoms with Crippen molar-refractivity contribution in [2.45, 2.75) is 66.3 Å². The first-order valence-electron chi connectivity index (χ1n) is 12.2. The lowest BCUT2D eigenvalue weighted by atomic mass is 10.0. The van der Waals surface area contributed by atoms with Gasteiger partial charge in [-0.25, -0.2) is 8.78 Å². The minimum absolute atomic E-state index is 0.124. The molecule has 0 aliphatic heterocycles. The van der Waals surface area contributed by atoms with E-state index >= 15 is 4.39 Å². The number of hydrogen-bond acceptors (Lipinski definition) is 3. The molecule has 4 nitrogen and oxygen atoms in total. The summed E-state index contributed by atoms with van der Waals surface area (Å²) >= 11 is 0. The van der Waals surface area contributed by atoms with Crippen LogP contribution in [0, 0.1) is 11.6 Å². The summed E-state index contributed by atoms with van der Waals surface area (Å²) in [4.78, 5) is 0. The SMILES string of the molecule is CCCCCCOB(Oc1cccc(F)c1)Oc1cccc(F)c1C(C)[N+](CC)(CC)CC. The van der Waals surface area contributed by atoms with Gasteiger partial charge >= 0.3 is 7.32 Å². The van der Waals surface area contributed by atoms with Gasteiger partial charge in [-0.2, -0.15) is 0 Å². The van der Waals surface area contributed by atoms with Gasteiger partial charge in [0.15, 0.2) is 0 Å². The third kappa shape index (κ3) is 7.44. The monoisotopic (exact) mass is 462 g/mol. The molecule has 0 saturated carbocycles. The molecule has 0 amide bonds. The Balaban J connectivity index is 2.31. The zero-order chi connectivity index (χ0) is 24.3. The summed E-state index contributed by atoms with van der Waals surface area (Å²) in [5, 5.41) is 0. The molecule has 1 unspecified atom stereocenters. The van der Waals surface area contributed by atoms with Crippen LogP contribution in [0.2, 0.25) is 0 Å². The lowest BCUT2D eigenvalue weighted by molar-refractivity contribution is -0.950. The summed E-state index contributed by atoms with van der Waals surface area (Å²) in [7, 11) is -1.12. The van der Waals surface area contributed by atoms with E-state index in [0.29, 0.717) is 23.7 Å². The minimum atomic E-state index is -1.12. The summed E-state index contributed by atoms with van der Waals surface area (Å²) in [5.74, 6) is -0.0499. The van der Waals surface area contributed by atoms with Crippen LogP contribution in [0.5, 0.6) is 11.5 Å². The fourth-order valence-corrected chi connectivity index (χ4v) is 4.35. The van der Waals surface area contributed by atoms with Gasteiger partial charge in [-0.1, -0.05) is 38.3 Å². The lowest BCUT2D eigenvalue weighted by Gasteiger charge is -2.42. The fourth-order valence-electron chi connectivity index (χ4n) is 4.35. The maximum atomic E-state index is 15.1. The molecular weight excluding hydrogens is 423 g/mol. The standard InChI is InChI=1S/C26H39BF2NO3/c1-6-10-11-12-19-31-27(32-23-16-13-15-22(28)20-23)33-25-18-14-17-24(29)26(25)21(5)30(7-2,8-3)9-4/h13-18,20-21H,6-12,19H2,1-5H3/q+1. The van der Waals surface area contributed by atoms with Crippen molar-refractivity contribution >= 4 is 7.32 Å². The molecule has 0 N–H and O–H groups in total. The van der Waals surface area contributed by atoms with Crippen molar-refractivity contribution in [2.75, 3.05) is 26.2 Å². The van der Waals surface area contributed by atoms with E-state index in [1.54, 1.807) is 24.3 Å². The Labute approximate surface area is 198 Å². The van der Waals surface area contributed by atoms with Crippen LogP contribution in [0.4, 0.5) is 8.78 Å². The summed E-state index contributed by atoms with van der Waals surface area (Å²) < 4.78 is 47.4. The summed E-state index contributed by atoms with van der Waals surface area (Å²) in [5.41, 5.74) is 0.505. The van der Waals surface area contributed by atoms with Crippen LogP contribution in [-0.4, -0.2) is 38.0 Å². The largest absolute Gasteiger partial charge is 0.788 e. The Morgan fingerprint density at radius 1 is 0.879 bits per heavy atom. The topological polar surface area (TPSA) is 27.7 Å². The van der Waals surface area contributed by atoms with E-state index in [9.17, 15) is 4.39 Å². The highest BCUT2D eigenvalue weighted by Gasteiger charge is 2.36. The average molecular weight is 462 g/mol. The number of nitrogens with zero attached hydrogens (tertiary/aromatic N) is 1. The van der Waals surface area contributed by atoms with E-state index < -0.39 is 13.1 Å².